The molecule has 0 bridgehead atoms. The quantitative estimate of drug-likeness (QED) is 0.790. The molecule has 1 aromatic heterocycles. The molecule has 2 heterocycles. The van der Waals surface area contributed by atoms with Crippen molar-refractivity contribution in [1.29, 1.82) is 0 Å². The number of pyridine rings is 1. The Bertz CT molecular complexity index is 368. The molecule has 16 heavy (non-hydrogen) atoms. The molecule has 3 heteroatoms. The summed E-state index contributed by atoms with van der Waals surface area (Å²) in [7, 11) is 0. The summed E-state index contributed by atoms with van der Waals surface area (Å²) in [5.74, 6) is 0. The van der Waals surface area contributed by atoms with Gasteiger partial charge >= 0.3 is 0 Å². The molecule has 2 rings (SSSR count). The van der Waals surface area contributed by atoms with E-state index in [0.29, 0.717) is 12.8 Å². The summed E-state index contributed by atoms with van der Waals surface area (Å²) in [5, 5.41) is 10.7. The highest BCUT2D eigenvalue weighted by Gasteiger charge is 2.38. The molecule has 88 valence electrons. The van der Waals surface area contributed by atoms with Gasteiger partial charge in [-0.15, -0.1) is 0 Å². The minimum Gasteiger partial charge on any atom is -0.385 e. The number of aromatic nitrogens is 1. The Balaban J connectivity index is 2.30. The summed E-state index contributed by atoms with van der Waals surface area (Å²) in [4.78, 5) is 4.15. The Morgan fingerprint density at radius 1 is 1.31 bits per heavy atom. The highest BCUT2D eigenvalue weighted by molar-refractivity contribution is 5.24. The minimum absolute atomic E-state index is 0.0919. The van der Waals surface area contributed by atoms with E-state index in [-0.39, 0.29) is 12.2 Å². The summed E-state index contributed by atoms with van der Waals surface area (Å²) >= 11 is 0. The molecule has 0 spiro atoms. The van der Waals surface area contributed by atoms with Crippen LogP contribution < -0.4 is 0 Å². The van der Waals surface area contributed by atoms with Gasteiger partial charge in [0, 0.05) is 30.8 Å². The number of aryl methyl sites for hydroxylation is 1. The van der Waals surface area contributed by atoms with Crippen molar-refractivity contribution >= 4 is 0 Å². The minimum atomic E-state index is -0.782. The molecule has 1 fully saturated rings. The van der Waals surface area contributed by atoms with Gasteiger partial charge in [0.2, 0.25) is 0 Å². The maximum Gasteiger partial charge on any atom is 0.0960 e. The summed E-state index contributed by atoms with van der Waals surface area (Å²) in [6, 6.07) is 2.01. The molecule has 1 saturated heterocycles. The number of aliphatic hydroxyl groups is 1. The van der Waals surface area contributed by atoms with E-state index in [0.717, 1.165) is 11.1 Å². The van der Waals surface area contributed by atoms with Gasteiger partial charge in [0.1, 0.15) is 0 Å². The zero-order valence-electron chi connectivity index (χ0n) is 10.1. The van der Waals surface area contributed by atoms with Gasteiger partial charge in [0.05, 0.1) is 17.8 Å². The second-order valence-electron chi connectivity index (χ2n) is 4.95. The van der Waals surface area contributed by atoms with E-state index < -0.39 is 5.60 Å². The zero-order valence-corrected chi connectivity index (χ0v) is 10.1. The third-order valence-corrected chi connectivity index (χ3v) is 3.13. The molecule has 0 aromatic carbocycles. The van der Waals surface area contributed by atoms with Crippen LogP contribution in [0.3, 0.4) is 0 Å². The van der Waals surface area contributed by atoms with Gasteiger partial charge in [-0.2, -0.15) is 0 Å². The predicted octanol–water partition coefficient (Wildman–Crippen LogP) is 2.17. The van der Waals surface area contributed by atoms with Crippen LogP contribution in [0.1, 0.15) is 37.8 Å². The van der Waals surface area contributed by atoms with Gasteiger partial charge in [0.15, 0.2) is 0 Å². The molecular formula is C13H19NO2. The van der Waals surface area contributed by atoms with E-state index in [2.05, 4.69) is 4.98 Å². The molecule has 1 aromatic rings. The Morgan fingerprint density at radius 2 is 1.94 bits per heavy atom. The molecule has 2 atom stereocenters. The van der Waals surface area contributed by atoms with Gasteiger partial charge in [-0.1, -0.05) is 6.07 Å². The van der Waals surface area contributed by atoms with Gasteiger partial charge in [-0.3, -0.25) is 4.98 Å². The highest BCUT2D eigenvalue weighted by atomic mass is 16.5. The lowest BCUT2D eigenvalue weighted by atomic mass is 9.82. The lowest BCUT2D eigenvalue weighted by molar-refractivity contribution is -0.135. The molecule has 0 saturated carbocycles. The van der Waals surface area contributed by atoms with Crippen LogP contribution in [-0.4, -0.2) is 22.3 Å². The molecule has 0 radical (unpaired) electrons. The van der Waals surface area contributed by atoms with Gasteiger partial charge in [-0.25, -0.2) is 0 Å². The first-order valence-electron chi connectivity index (χ1n) is 5.79. The van der Waals surface area contributed by atoms with Crippen LogP contribution in [0.15, 0.2) is 18.5 Å². The van der Waals surface area contributed by atoms with Crippen LogP contribution in [0.4, 0.5) is 0 Å². The van der Waals surface area contributed by atoms with Crippen molar-refractivity contribution in [3.8, 4) is 0 Å². The fourth-order valence-corrected chi connectivity index (χ4v) is 2.57. The first kappa shape index (κ1) is 11.6. The molecule has 2 unspecified atom stereocenters. The highest BCUT2D eigenvalue weighted by Crippen LogP contribution is 2.37. The molecule has 1 aliphatic heterocycles. The molecule has 3 nitrogen and oxygen atoms in total. The SMILES string of the molecule is Cc1cncc(C2(O)CC(C)OC(C)C2)c1. The topological polar surface area (TPSA) is 42.4 Å². The number of nitrogens with zero attached hydrogens (tertiary/aromatic N) is 1. The predicted molar refractivity (Wildman–Crippen MR) is 62.1 cm³/mol. The molecule has 1 aliphatic rings. The third kappa shape index (κ3) is 2.25. The smallest absolute Gasteiger partial charge is 0.0960 e. The Hall–Kier alpha value is -0.930. The van der Waals surface area contributed by atoms with Gasteiger partial charge in [0.25, 0.3) is 0 Å². The van der Waals surface area contributed by atoms with Crippen molar-refractivity contribution in [1.82, 2.24) is 4.98 Å². The maximum atomic E-state index is 10.7. The largest absolute Gasteiger partial charge is 0.385 e. The van der Waals surface area contributed by atoms with Crippen molar-refractivity contribution in [3.05, 3.63) is 29.6 Å². The van der Waals surface area contributed by atoms with Crippen molar-refractivity contribution in [2.75, 3.05) is 0 Å². The van der Waals surface area contributed by atoms with E-state index in [1.807, 2.05) is 26.8 Å². The van der Waals surface area contributed by atoms with Crippen molar-refractivity contribution in [2.45, 2.75) is 51.4 Å². The fourth-order valence-electron chi connectivity index (χ4n) is 2.57. The summed E-state index contributed by atoms with van der Waals surface area (Å²) in [6.07, 6.45) is 5.03. The molecular weight excluding hydrogens is 202 g/mol. The average molecular weight is 221 g/mol. The summed E-state index contributed by atoms with van der Waals surface area (Å²) in [6.45, 7) is 6.00. The number of hydrogen-bond donors (Lipinski definition) is 1. The third-order valence-electron chi connectivity index (χ3n) is 3.13. The van der Waals surface area contributed by atoms with E-state index in [9.17, 15) is 5.11 Å². The second kappa shape index (κ2) is 4.15. The monoisotopic (exact) mass is 221 g/mol. The van der Waals surface area contributed by atoms with Crippen LogP contribution >= 0.6 is 0 Å². The Kier molecular flexibility index (Phi) is 3.00. The fraction of sp³-hybridized carbons (Fsp3) is 0.615. The van der Waals surface area contributed by atoms with Crippen LogP contribution in [0, 0.1) is 6.92 Å². The van der Waals surface area contributed by atoms with Crippen LogP contribution in [0.25, 0.3) is 0 Å². The van der Waals surface area contributed by atoms with E-state index >= 15 is 0 Å². The van der Waals surface area contributed by atoms with Crippen LogP contribution in [0.2, 0.25) is 0 Å². The molecule has 0 aliphatic carbocycles. The average Bonchev–Trinajstić information content (AvgIpc) is 2.15. The molecule has 1 N–H and O–H groups in total. The first-order chi connectivity index (χ1) is 7.49. The summed E-state index contributed by atoms with van der Waals surface area (Å²) in [5.41, 5.74) is 1.21. The van der Waals surface area contributed by atoms with E-state index in [1.165, 1.54) is 0 Å². The first-order valence-corrected chi connectivity index (χ1v) is 5.79. The maximum absolute atomic E-state index is 10.7. The second-order valence-corrected chi connectivity index (χ2v) is 4.95. The van der Waals surface area contributed by atoms with E-state index in [1.54, 1.807) is 12.4 Å². The normalized spacial score (nSPS) is 35.0. The summed E-state index contributed by atoms with van der Waals surface area (Å²) < 4.78 is 5.65. The van der Waals surface area contributed by atoms with Crippen LogP contribution in [0.5, 0.6) is 0 Å². The van der Waals surface area contributed by atoms with E-state index in [4.69, 9.17) is 4.74 Å². The van der Waals surface area contributed by atoms with Crippen molar-refractivity contribution in [2.24, 2.45) is 0 Å². The standard InChI is InChI=1S/C13H19NO2/c1-9-4-12(8-14-7-9)13(15)5-10(2)16-11(3)6-13/h4,7-8,10-11,15H,5-6H2,1-3H3. The van der Waals surface area contributed by atoms with Crippen molar-refractivity contribution in [3.63, 3.8) is 0 Å². The lowest BCUT2D eigenvalue weighted by Crippen LogP contribution is -2.41. The Morgan fingerprint density at radius 3 is 2.50 bits per heavy atom. The molecule has 0 amide bonds. The lowest BCUT2D eigenvalue weighted by Gasteiger charge is -2.39. The van der Waals surface area contributed by atoms with Gasteiger partial charge in [-0.05, 0) is 26.3 Å². The zero-order chi connectivity index (χ0) is 11.8. The van der Waals surface area contributed by atoms with Gasteiger partial charge < -0.3 is 9.84 Å². The number of rotatable bonds is 1. The van der Waals surface area contributed by atoms with Crippen molar-refractivity contribution < 1.29 is 9.84 Å². The number of ether oxygens (including phenoxy) is 1. The Labute approximate surface area is 96.5 Å². The number of hydrogen-bond acceptors (Lipinski definition) is 3. The van der Waals surface area contributed by atoms with Crippen LogP contribution in [-0.2, 0) is 10.3 Å².